The minimum Gasteiger partial charge on any atom is -0.454 e. The first-order valence-corrected chi connectivity index (χ1v) is 8.65. The number of ether oxygens (including phenoxy) is 2. The molecule has 0 bridgehead atoms. The fourth-order valence-electron chi connectivity index (χ4n) is 2.15. The number of hydrogen-bond donors (Lipinski definition) is 1. The SMILES string of the molecule is O=C(CCCSc1ccc(Cl)cc1)Nc1ccc2c(c1)OCO2. The average molecular weight is 350 g/mol. The second-order valence-electron chi connectivity index (χ2n) is 5.02. The predicted octanol–water partition coefficient (Wildman–Crippen LogP) is 4.58. The van der Waals surface area contributed by atoms with Crippen LogP contribution in [-0.4, -0.2) is 18.5 Å². The molecule has 120 valence electrons. The van der Waals surface area contributed by atoms with Gasteiger partial charge < -0.3 is 14.8 Å². The summed E-state index contributed by atoms with van der Waals surface area (Å²) in [5.41, 5.74) is 0.726. The van der Waals surface area contributed by atoms with E-state index >= 15 is 0 Å². The zero-order valence-corrected chi connectivity index (χ0v) is 14.0. The molecule has 1 N–H and O–H groups in total. The van der Waals surface area contributed by atoms with Crippen molar-refractivity contribution >= 4 is 35.0 Å². The summed E-state index contributed by atoms with van der Waals surface area (Å²) in [6.45, 7) is 0.231. The molecular formula is C17H16ClNO3S. The Morgan fingerprint density at radius 3 is 2.74 bits per heavy atom. The molecule has 0 spiro atoms. The van der Waals surface area contributed by atoms with Crippen molar-refractivity contribution in [2.45, 2.75) is 17.7 Å². The maximum Gasteiger partial charge on any atom is 0.231 e. The first-order chi connectivity index (χ1) is 11.2. The molecule has 2 aromatic rings. The molecular weight excluding hydrogens is 334 g/mol. The Hall–Kier alpha value is -1.85. The summed E-state index contributed by atoms with van der Waals surface area (Å²) >= 11 is 7.57. The Morgan fingerprint density at radius 1 is 1.13 bits per heavy atom. The summed E-state index contributed by atoms with van der Waals surface area (Å²) < 4.78 is 10.5. The molecule has 1 heterocycles. The maximum absolute atomic E-state index is 12.0. The lowest BCUT2D eigenvalue weighted by molar-refractivity contribution is -0.116. The van der Waals surface area contributed by atoms with Gasteiger partial charge in [0.05, 0.1) is 0 Å². The van der Waals surface area contributed by atoms with E-state index in [9.17, 15) is 4.79 Å². The van der Waals surface area contributed by atoms with Crippen molar-refractivity contribution in [3.63, 3.8) is 0 Å². The van der Waals surface area contributed by atoms with Gasteiger partial charge in [0.1, 0.15) is 0 Å². The summed E-state index contributed by atoms with van der Waals surface area (Å²) in [7, 11) is 0. The van der Waals surface area contributed by atoms with E-state index in [1.807, 2.05) is 30.3 Å². The zero-order chi connectivity index (χ0) is 16.1. The number of benzene rings is 2. The van der Waals surface area contributed by atoms with Crippen LogP contribution < -0.4 is 14.8 Å². The van der Waals surface area contributed by atoms with Crippen LogP contribution in [0.4, 0.5) is 5.69 Å². The zero-order valence-electron chi connectivity index (χ0n) is 12.4. The van der Waals surface area contributed by atoms with Crippen molar-refractivity contribution in [2.75, 3.05) is 17.9 Å². The van der Waals surface area contributed by atoms with Crippen LogP contribution in [0.5, 0.6) is 11.5 Å². The minimum absolute atomic E-state index is 0.000529. The third kappa shape index (κ3) is 4.56. The highest BCUT2D eigenvalue weighted by atomic mass is 35.5. The quantitative estimate of drug-likeness (QED) is 0.612. The van der Waals surface area contributed by atoms with E-state index in [2.05, 4.69) is 5.32 Å². The number of carbonyl (C=O) groups is 1. The third-order valence-electron chi connectivity index (χ3n) is 3.29. The molecule has 6 heteroatoms. The van der Waals surface area contributed by atoms with Gasteiger partial charge in [-0.3, -0.25) is 4.79 Å². The van der Waals surface area contributed by atoms with Crippen LogP contribution in [0.2, 0.25) is 5.02 Å². The summed E-state index contributed by atoms with van der Waals surface area (Å²) in [6, 6.07) is 13.1. The Bertz CT molecular complexity index is 691. The van der Waals surface area contributed by atoms with Gasteiger partial charge in [-0.15, -0.1) is 11.8 Å². The summed E-state index contributed by atoms with van der Waals surface area (Å²) in [5, 5.41) is 3.61. The van der Waals surface area contributed by atoms with Crippen molar-refractivity contribution in [1.82, 2.24) is 0 Å². The molecule has 1 amide bonds. The molecule has 0 aliphatic carbocycles. The summed E-state index contributed by atoms with van der Waals surface area (Å²) in [4.78, 5) is 13.1. The van der Waals surface area contributed by atoms with Crippen molar-refractivity contribution in [2.24, 2.45) is 0 Å². The van der Waals surface area contributed by atoms with Crippen molar-refractivity contribution in [1.29, 1.82) is 0 Å². The highest BCUT2D eigenvalue weighted by molar-refractivity contribution is 7.99. The molecule has 0 aromatic heterocycles. The molecule has 4 nitrogen and oxygen atoms in total. The Morgan fingerprint density at radius 2 is 1.91 bits per heavy atom. The van der Waals surface area contributed by atoms with Crippen LogP contribution in [0, 0.1) is 0 Å². The average Bonchev–Trinajstić information content (AvgIpc) is 3.01. The largest absolute Gasteiger partial charge is 0.454 e. The van der Waals surface area contributed by atoms with Gasteiger partial charge in [0.25, 0.3) is 0 Å². The van der Waals surface area contributed by atoms with E-state index in [1.165, 1.54) is 0 Å². The Balaban J connectivity index is 1.40. The van der Waals surface area contributed by atoms with E-state index < -0.39 is 0 Å². The number of anilines is 1. The van der Waals surface area contributed by atoms with E-state index in [1.54, 1.807) is 23.9 Å². The molecule has 0 fully saturated rings. The molecule has 0 saturated heterocycles. The molecule has 1 aliphatic rings. The molecule has 2 aromatic carbocycles. The second-order valence-corrected chi connectivity index (χ2v) is 6.63. The minimum atomic E-state index is 0.000529. The lowest BCUT2D eigenvalue weighted by Crippen LogP contribution is -2.11. The van der Waals surface area contributed by atoms with Crippen LogP contribution in [0.15, 0.2) is 47.4 Å². The number of rotatable bonds is 6. The van der Waals surface area contributed by atoms with E-state index in [0.717, 1.165) is 27.8 Å². The third-order valence-corrected chi connectivity index (χ3v) is 4.64. The smallest absolute Gasteiger partial charge is 0.231 e. The standard InChI is InChI=1S/C17H16ClNO3S/c18-12-3-6-14(7-4-12)23-9-1-2-17(20)19-13-5-8-15-16(10-13)22-11-21-15/h3-8,10H,1-2,9,11H2,(H,19,20). The molecule has 0 atom stereocenters. The van der Waals surface area contributed by atoms with E-state index in [0.29, 0.717) is 17.9 Å². The van der Waals surface area contributed by atoms with Crippen LogP contribution in [0.3, 0.4) is 0 Å². The number of halogens is 1. The van der Waals surface area contributed by atoms with Gasteiger partial charge in [-0.25, -0.2) is 0 Å². The van der Waals surface area contributed by atoms with Gasteiger partial charge in [0.15, 0.2) is 11.5 Å². The molecule has 3 rings (SSSR count). The fourth-order valence-corrected chi connectivity index (χ4v) is 3.13. The molecule has 23 heavy (non-hydrogen) atoms. The molecule has 1 aliphatic heterocycles. The van der Waals surface area contributed by atoms with Gasteiger partial charge in [0.2, 0.25) is 12.7 Å². The monoisotopic (exact) mass is 349 g/mol. The first-order valence-electron chi connectivity index (χ1n) is 7.28. The van der Waals surface area contributed by atoms with E-state index in [4.69, 9.17) is 21.1 Å². The highest BCUT2D eigenvalue weighted by Crippen LogP contribution is 2.34. The lowest BCUT2D eigenvalue weighted by Gasteiger charge is -2.06. The van der Waals surface area contributed by atoms with Crippen LogP contribution in [0.25, 0.3) is 0 Å². The van der Waals surface area contributed by atoms with Crippen molar-refractivity contribution in [3.05, 3.63) is 47.5 Å². The molecule has 0 radical (unpaired) electrons. The summed E-state index contributed by atoms with van der Waals surface area (Å²) in [5.74, 6) is 2.26. The number of carbonyl (C=O) groups excluding carboxylic acids is 1. The highest BCUT2D eigenvalue weighted by Gasteiger charge is 2.14. The fraction of sp³-hybridized carbons (Fsp3) is 0.235. The predicted molar refractivity (Wildman–Crippen MR) is 92.6 cm³/mol. The normalized spacial score (nSPS) is 12.2. The van der Waals surface area contributed by atoms with Gasteiger partial charge >= 0.3 is 0 Å². The van der Waals surface area contributed by atoms with Crippen molar-refractivity contribution < 1.29 is 14.3 Å². The maximum atomic E-state index is 12.0. The Labute approximate surface area is 144 Å². The van der Waals surface area contributed by atoms with Crippen LogP contribution in [-0.2, 0) is 4.79 Å². The van der Waals surface area contributed by atoms with Gasteiger partial charge in [0, 0.05) is 28.1 Å². The number of amides is 1. The topological polar surface area (TPSA) is 47.6 Å². The first kappa shape index (κ1) is 16.0. The van der Waals surface area contributed by atoms with Crippen molar-refractivity contribution in [3.8, 4) is 11.5 Å². The lowest BCUT2D eigenvalue weighted by atomic mass is 10.2. The van der Waals surface area contributed by atoms with Crippen LogP contribution >= 0.6 is 23.4 Å². The van der Waals surface area contributed by atoms with Crippen LogP contribution in [0.1, 0.15) is 12.8 Å². The van der Waals surface area contributed by atoms with Gasteiger partial charge in [-0.1, -0.05) is 11.6 Å². The van der Waals surface area contributed by atoms with Gasteiger partial charge in [-0.05, 0) is 48.6 Å². The molecule has 0 unspecified atom stereocenters. The number of thioether (sulfide) groups is 1. The van der Waals surface area contributed by atoms with Gasteiger partial charge in [-0.2, -0.15) is 0 Å². The Kier molecular flexibility index (Phi) is 5.31. The number of fused-ring (bicyclic) bond motifs is 1. The second kappa shape index (κ2) is 7.62. The number of hydrogen-bond acceptors (Lipinski definition) is 4. The molecule has 0 saturated carbocycles. The van der Waals surface area contributed by atoms with E-state index in [-0.39, 0.29) is 12.7 Å². The number of nitrogens with one attached hydrogen (secondary N) is 1. The summed E-state index contributed by atoms with van der Waals surface area (Å²) in [6.07, 6.45) is 1.29.